The van der Waals surface area contributed by atoms with Gasteiger partial charge in [-0.1, -0.05) is 19.8 Å². The molecule has 1 spiro atoms. The van der Waals surface area contributed by atoms with Crippen molar-refractivity contribution < 1.29 is 4.39 Å². The first kappa shape index (κ1) is 15.4. The minimum atomic E-state index is -0.0907. The Morgan fingerprint density at radius 3 is 2.78 bits per heavy atom. The van der Waals surface area contributed by atoms with Gasteiger partial charge in [0, 0.05) is 23.7 Å². The van der Waals surface area contributed by atoms with Gasteiger partial charge in [-0.2, -0.15) is 0 Å². The third-order valence-corrected chi connectivity index (χ3v) is 6.67. The summed E-state index contributed by atoms with van der Waals surface area (Å²) in [7, 11) is 0. The van der Waals surface area contributed by atoms with E-state index in [1.165, 1.54) is 63.6 Å². The number of hydrogen-bond donors (Lipinski definition) is 1. The van der Waals surface area contributed by atoms with E-state index >= 15 is 0 Å². The molecular formula is C20H29FN2. The fourth-order valence-corrected chi connectivity index (χ4v) is 5.07. The lowest BCUT2D eigenvalue weighted by Crippen LogP contribution is -2.47. The van der Waals surface area contributed by atoms with Gasteiger partial charge in [0.15, 0.2) is 0 Å². The van der Waals surface area contributed by atoms with E-state index in [0.29, 0.717) is 0 Å². The standard InChI is InChI=1S/C20H29FN2/c1-15-3-2-4-17(7-5-15)23-11-9-20(10-12-23)14-22-19-8-6-16(21)13-18(19)20/h6,8,13,15,17,22H,2-5,7,9-12,14H2,1H3. The number of hydrogen-bond acceptors (Lipinski definition) is 2. The maximum absolute atomic E-state index is 13.7. The average molecular weight is 316 g/mol. The van der Waals surface area contributed by atoms with Crippen LogP contribution in [0.3, 0.4) is 0 Å². The van der Waals surface area contributed by atoms with Crippen molar-refractivity contribution in [1.29, 1.82) is 0 Å². The molecule has 0 bridgehead atoms. The summed E-state index contributed by atoms with van der Waals surface area (Å²) in [4.78, 5) is 2.74. The van der Waals surface area contributed by atoms with Crippen LogP contribution in [0, 0.1) is 11.7 Å². The number of nitrogens with one attached hydrogen (secondary N) is 1. The zero-order valence-electron chi connectivity index (χ0n) is 14.3. The van der Waals surface area contributed by atoms with E-state index in [9.17, 15) is 4.39 Å². The normalized spacial score (nSPS) is 30.7. The lowest BCUT2D eigenvalue weighted by molar-refractivity contribution is 0.111. The van der Waals surface area contributed by atoms with Crippen LogP contribution >= 0.6 is 0 Å². The molecule has 1 N–H and O–H groups in total. The number of likely N-dealkylation sites (tertiary alicyclic amines) is 1. The molecule has 2 nitrogen and oxygen atoms in total. The summed E-state index contributed by atoms with van der Waals surface area (Å²) in [6, 6.07) is 6.06. The van der Waals surface area contributed by atoms with Crippen molar-refractivity contribution in [2.24, 2.45) is 5.92 Å². The zero-order valence-corrected chi connectivity index (χ0v) is 14.3. The fraction of sp³-hybridized carbons (Fsp3) is 0.700. The molecule has 126 valence electrons. The van der Waals surface area contributed by atoms with Crippen LogP contribution in [-0.4, -0.2) is 30.6 Å². The van der Waals surface area contributed by atoms with Crippen LogP contribution < -0.4 is 5.32 Å². The SMILES string of the molecule is CC1CCCC(N2CCC3(CC2)CNc2ccc(F)cc23)CC1. The second-order valence-corrected chi connectivity index (χ2v) is 8.13. The average Bonchev–Trinajstić information content (AvgIpc) is 2.75. The lowest BCUT2D eigenvalue weighted by Gasteiger charge is -2.42. The second kappa shape index (κ2) is 6.08. The third-order valence-electron chi connectivity index (χ3n) is 6.67. The summed E-state index contributed by atoms with van der Waals surface area (Å²) in [6.07, 6.45) is 9.28. The van der Waals surface area contributed by atoms with Crippen LogP contribution in [0.2, 0.25) is 0 Å². The van der Waals surface area contributed by atoms with Gasteiger partial charge in [0.2, 0.25) is 0 Å². The van der Waals surface area contributed by atoms with Gasteiger partial charge >= 0.3 is 0 Å². The van der Waals surface area contributed by atoms with E-state index in [-0.39, 0.29) is 11.2 Å². The number of anilines is 1. The minimum absolute atomic E-state index is 0.0907. The number of benzene rings is 1. The predicted molar refractivity (Wildman–Crippen MR) is 93.4 cm³/mol. The van der Waals surface area contributed by atoms with Crippen LogP contribution in [0.15, 0.2) is 18.2 Å². The highest BCUT2D eigenvalue weighted by atomic mass is 19.1. The van der Waals surface area contributed by atoms with Crippen LogP contribution in [-0.2, 0) is 5.41 Å². The highest BCUT2D eigenvalue weighted by molar-refractivity contribution is 5.60. The quantitative estimate of drug-likeness (QED) is 0.764. The molecule has 2 unspecified atom stereocenters. The molecule has 1 saturated heterocycles. The summed E-state index contributed by atoms with van der Waals surface area (Å²) in [6.45, 7) is 5.75. The smallest absolute Gasteiger partial charge is 0.123 e. The van der Waals surface area contributed by atoms with E-state index in [1.807, 2.05) is 6.07 Å². The highest BCUT2D eigenvalue weighted by Crippen LogP contribution is 2.45. The molecule has 0 radical (unpaired) electrons. The summed E-state index contributed by atoms with van der Waals surface area (Å²) in [5.74, 6) is 0.817. The lowest BCUT2D eigenvalue weighted by atomic mass is 9.74. The Hall–Kier alpha value is -1.09. The molecule has 1 aliphatic carbocycles. The number of nitrogens with zero attached hydrogens (tertiary/aromatic N) is 1. The largest absolute Gasteiger partial charge is 0.384 e. The van der Waals surface area contributed by atoms with Crippen LogP contribution in [0.4, 0.5) is 10.1 Å². The highest BCUT2D eigenvalue weighted by Gasteiger charge is 2.42. The minimum Gasteiger partial charge on any atom is -0.384 e. The Morgan fingerprint density at radius 1 is 1.13 bits per heavy atom. The van der Waals surface area contributed by atoms with Crippen molar-refractivity contribution >= 4 is 5.69 Å². The molecule has 4 rings (SSSR count). The second-order valence-electron chi connectivity index (χ2n) is 8.13. The molecule has 2 aliphatic heterocycles. The molecule has 2 atom stereocenters. The zero-order chi connectivity index (χ0) is 15.9. The van der Waals surface area contributed by atoms with Crippen molar-refractivity contribution in [2.45, 2.75) is 63.3 Å². The van der Waals surface area contributed by atoms with Gasteiger partial charge in [-0.25, -0.2) is 4.39 Å². The first-order valence-corrected chi connectivity index (χ1v) is 9.44. The Bertz CT molecular complexity index is 563. The fourth-order valence-electron chi connectivity index (χ4n) is 5.07. The molecule has 1 aromatic carbocycles. The van der Waals surface area contributed by atoms with E-state index in [4.69, 9.17) is 0 Å². The molecule has 2 fully saturated rings. The summed E-state index contributed by atoms with van der Waals surface area (Å²) in [5, 5.41) is 3.51. The number of piperidine rings is 1. The summed E-state index contributed by atoms with van der Waals surface area (Å²) in [5.41, 5.74) is 2.56. The Labute approximate surface area is 139 Å². The van der Waals surface area contributed by atoms with Crippen LogP contribution in [0.1, 0.15) is 57.4 Å². The van der Waals surface area contributed by atoms with Crippen LogP contribution in [0.5, 0.6) is 0 Å². The van der Waals surface area contributed by atoms with Crippen molar-refractivity contribution in [3.63, 3.8) is 0 Å². The summed E-state index contributed by atoms with van der Waals surface area (Å²) < 4.78 is 13.7. The number of rotatable bonds is 1. The van der Waals surface area contributed by atoms with Crippen molar-refractivity contribution in [1.82, 2.24) is 4.90 Å². The maximum atomic E-state index is 13.7. The number of halogens is 1. The molecular weight excluding hydrogens is 287 g/mol. The van der Waals surface area contributed by atoms with Crippen molar-refractivity contribution in [3.05, 3.63) is 29.6 Å². The molecule has 1 saturated carbocycles. The van der Waals surface area contributed by atoms with Crippen molar-refractivity contribution in [2.75, 3.05) is 25.0 Å². The molecule has 3 aliphatic rings. The van der Waals surface area contributed by atoms with Gasteiger partial charge in [-0.05, 0) is 74.9 Å². The van der Waals surface area contributed by atoms with E-state index in [0.717, 1.165) is 24.2 Å². The topological polar surface area (TPSA) is 15.3 Å². The predicted octanol–water partition coefficient (Wildman–Crippen LogP) is 4.55. The first-order valence-electron chi connectivity index (χ1n) is 9.44. The van der Waals surface area contributed by atoms with Gasteiger partial charge in [0.1, 0.15) is 5.82 Å². The van der Waals surface area contributed by atoms with Gasteiger partial charge < -0.3 is 10.2 Å². The Kier molecular flexibility index (Phi) is 4.08. The van der Waals surface area contributed by atoms with Gasteiger partial charge in [0.25, 0.3) is 0 Å². The molecule has 1 aromatic rings. The van der Waals surface area contributed by atoms with Crippen LogP contribution in [0.25, 0.3) is 0 Å². The van der Waals surface area contributed by atoms with E-state index in [2.05, 4.69) is 17.1 Å². The van der Waals surface area contributed by atoms with E-state index < -0.39 is 0 Å². The monoisotopic (exact) mass is 316 g/mol. The molecule has 0 amide bonds. The third kappa shape index (κ3) is 2.88. The van der Waals surface area contributed by atoms with Gasteiger partial charge in [0.05, 0.1) is 0 Å². The summed E-state index contributed by atoms with van der Waals surface area (Å²) >= 11 is 0. The van der Waals surface area contributed by atoms with E-state index in [1.54, 1.807) is 12.1 Å². The molecule has 2 heterocycles. The maximum Gasteiger partial charge on any atom is 0.123 e. The Morgan fingerprint density at radius 2 is 1.96 bits per heavy atom. The van der Waals surface area contributed by atoms with Crippen molar-refractivity contribution in [3.8, 4) is 0 Å². The van der Waals surface area contributed by atoms with Gasteiger partial charge in [-0.3, -0.25) is 0 Å². The van der Waals surface area contributed by atoms with Gasteiger partial charge in [-0.15, -0.1) is 0 Å². The molecule has 3 heteroatoms. The number of fused-ring (bicyclic) bond motifs is 2. The first-order chi connectivity index (χ1) is 11.2. The molecule has 23 heavy (non-hydrogen) atoms. The molecule has 0 aromatic heterocycles. The Balaban J connectivity index is 1.45.